The highest BCUT2D eigenvalue weighted by Gasteiger charge is 2.34. The molecular formula is C27H31N5O4S. The van der Waals surface area contributed by atoms with Crippen LogP contribution >= 0.6 is 11.3 Å². The summed E-state index contributed by atoms with van der Waals surface area (Å²) in [7, 11) is 3.09. The first kappa shape index (κ1) is 26.2. The van der Waals surface area contributed by atoms with E-state index in [9.17, 15) is 9.59 Å². The fourth-order valence-electron chi connectivity index (χ4n) is 4.01. The number of anilines is 1. The fourth-order valence-corrected chi connectivity index (χ4v) is 4.82. The van der Waals surface area contributed by atoms with E-state index < -0.39 is 6.04 Å². The van der Waals surface area contributed by atoms with Gasteiger partial charge in [0.2, 0.25) is 11.8 Å². The summed E-state index contributed by atoms with van der Waals surface area (Å²) in [6.07, 6.45) is 0.828. The molecule has 0 aliphatic heterocycles. The number of methoxy groups -OCH3 is 2. The standard InChI is InChI=1S/C27H31N5O4S/c1-18(2)11-12-28-27(34)26(24-10-7-13-37-24)32(19-14-20(35-3)16-21(15-19)36-4)25(33)17-31-23-9-6-5-8-22(23)29-30-31/h5-10,13-16,18,26H,11-12,17H2,1-4H3,(H,28,34)/t26-/m1/s1. The Morgan fingerprint density at radius 3 is 2.43 bits per heavy atom. The minimum atomic E-state index is -0.897. The zero-order valence-corrected chi connectivity index (χ0v) is 22.2. The highest BCUT2D eigenvalue weighted by atomic mass is 32.1. The largest absolute Gasteiger partial charge is 0.497 e. The van der Waals surface area contributed by atoms with Crippen LogP contribution in [0.4, 0.5) is 5.69 Å². The van der Waals surface area contributed by atoms with Crippen molar-refractivity contribution in [1.82, 2.24) is 20.3 Å². The van der Waals surface area contributed by atoms with E-state index in [1.54, 1.807) is 37.1 Å². The Bertz CT molecular complexity index is 1330. The number of para-hydroxylation sites is 1. The Morgan fingerprint density at radius 1 is 1.05 bits per heavy atom. The molecule has 194 valence electrons. The lowest BCUT2D eigenvalue weighted by Crippen LogP contribution is -2.45. The minimum Gasteiger partial charge on any atom is -0.497 e. The number of thiophene rings is 1. The van der Waals surface area contributed by atoms with Gasteiger partial charge in [-0.15, -0.1) is 16.4 Å². The quantitative estimate of drug-likeness (QED) is 0.313. The summed E-state index contributed by atoms with van der Waals surface area (Å²) in [5, 5.41) is 13.3. The van der Waals surface area contributed by atoms with Crippen molar-refractivity contribution < 1.29 is 19.1 Å². The molecule has 2 amide bonds. The van der Waals surface area contributed by atoms with E-state index in [1.807, 2.05) is 41.8 Å². The van der Waals surface area contributed by atoms with Crippen LogP contribution in [0.15, 0.2) is 60.0 Å². The Labute approximate surface area is 220 Å². The number of nitrogens with zero attached hydrogens (tertiary/aromatic N) is 4. The molecular weight excluding hydrogens is 490 g/mol. The molecule has 0 radical (unpaired) electrons. The molecule has 0 spiro atoms. The summed E-state index contributed by atoms with van der Waals surface area (Å²) in [4.78, 5) is 30.0. The van der Waals surface area contributed by atoms with Crippen LogP contribution in [0.5, 0.6) is 11.5 Å². The molecule has 2 aromatic carbocycles. The van der Waals surface area contributed by atoms with E-state index in [1.165, 1.54) is 16.2 Å². The van der Waals surface area contributed by atoms with Gasteiger partial charge in [0.15, 0.2) is 0 Å². The van der Waals surface area contributed by atoms with E-state index in [2.05, 4.69) is 29.5 Å². The number of carbonyl (C=O) groups excluding carboxylic acids is 2. The number of fused-ring (bicyclic) bond motifs is 1. The Hall–Kier alpha value is -3.92. The van der Waals surface area contributed by atoms with Crippen LogP contribution in [0.2, 0.25) is 0 Å². The zero-order chi connectivity index (χ0) is 26.4. The van der Waals surface area contributed by atoms with Gasteiger partial charge in [0.05, 0.1) is 25.4 Å². The number of rotatable bonds is 11. The maximum absolute atomic E-state index is 14.1. The molecule has 10 heteroatoms. The maximum Gasteiger partial charge on any atom is 0.249 e. The van der Waals surface area contributed by atoms with Crippen LogP contribution in [0.25, 0.3) is 11.0 Å². The second-order valence-corrected chi connectivity index (χ2v) is 9.94. The Balaban J connectivity index is 1.78. The molecule has 9 nitrogen and oxygen atoms in total. The molecule has 2 aromatic heterocycles. The van der Waals surface area contributed by atoms with Gasteiger partial charge < -0.3 is 14.8 Å². The summed E-state index contributed by atoms with van der Waals surface area (Å²) >= 11 is 1.42. The molecule has 0 unspecified atom stereocenters. The first-order chi connectivity index (χ1) is 17.9. The van der Waals surface area contributed by atoms with Gasteiger partial charge in [0, 0.05) is 29.6 Å². The monoisotopic (exact) mass is 521 g/mol. The van der Waals surface area contributed by atoms with Crippen molar-refractivity contribution >= 4 is 39.9 Å². The van der Waals surface area contributed by atoms with Gasteiger partial charge in [-0.25, -0.2) is 4.68 Å². The number of ether oxygens (including phenoxy) is 2. The first-order valence-electron chi connectivity index (χ1n) is 12.1. The van der Waals surface area contributed by atoms with Gasteiger partial charge in [0.1, 0.15) is 29.6 Å². The third kappa shape index (κ3) is 6.08. The number of amides is 2. The number of carbonyl (C=O) groups is 2. The van der Waals surface area contributed by atoms with Crippen LogP contribution in [0, 0.1) is 5.92 Å². The molecule has 0 saturated carbocycles. The molecule has 4 aromatic rings. The van der Waals surface area contributed by atoms with Crippen molar-refractivity contribution in [1.29, 1.82) is 0 Å². The van der Waals surface area contributed by atoms with E-state index in [-0.39, 0.29) is 18.4 Å². The van der Waals surface area contributed by atoms with Gasteiger partial charge in [0.25, 0.3) is 0 Å². The maximum atomic E-state index is 14.1. The van der Waals surface area contributed by atoms with Crippen molar-refractivity contribution in [3.63, 3.8) is 0 Å². The summed E-state index contributed by atoms with van der Waals surface area (Å²) in [6, 6.07) is 15.4. The van der Waals surface area contributed by atoms with Crippen LogP contribution < -0.4 is 19.7 Å². The van der Waals surface area contributed by atoms with E-state index in [0.717, 1.165) is 16.8 Å². The normalized spacial score (nSPS) is 11.9. The van der Waals surface area contributed by atoms with E-state index in [0.29, 0.717) is 35.2 Å². The van der Waals surface area contributed by atoms with Crippen LogP contribution in [-0.4, -0.2) is 47.6 Å². The summed E-state index contributed by atoms with van der Waals surface area (Å²) in [5.74, 6) is 0.846. The molecule has 2 heterocycles. The van der Waals surface area contributed by atoms with Crippen molar-refractivity contribution in [3.05, 3.63) is 64.9 Å². The molecule has 4 rings (SSSR count). The number of aromatic nitrogens is 3. The van der Waals surface area contributed by atoms with Crippen molar-refractivity contribution in [2.75, 3.05) is 25.7 Å². The number of nitrogens with one attached hydrogen (secondary N) is 1. The second-order valence-electron chi connectivity index (χ2n) is 8.96. The van der Waals surface area contributed by atoms with Gasteiger partial charge in [-0.05, 0) is 35.9 Å². The van der Waals surface area contributed by atoms with E-state index in [4.69, 9.17) is 9.47 Å². The van der Waals surface area contributed by atoms with Gasteiger partial charge >= 0.3 is 0 Å². The Kier molecular flexibility index (Phi) is 8.39. The van der Waals surface area contributed by atoms with Gasteiger partial charge in [-0.2, -0.15) is 0 Å². The number of hydrogen-bond acceptors (Lipinski definition) is 7. The topological polar surface area (TPSA) is 98.6 Å². The van der Waals surface area contributed by atoms with E-state index >= 15 is 0 Å². The second kappa shape index (κ2) is 11.9. The highest BCUT2D eigenvalue weighted by molar-refractivity contribution is 7.10. The third-order valence-electron chi connectivity index (χ3n) is 5.93. The molecule has 37 heavy (non-hydrogen) atoms. The SMILES string of the molecule is COc1cc(OC)cc(N(C(=O)Cn2nnc3ccccc32)[C@@H](C(=O)NCCC(C)C)c2cccs2)c1. The molecule has 0 fully saturated rings. The first-order valence-corrected chi connectivity index (χ1v) is 12.9. The number of hydrogen-bond donors (Lipinski definition) is 1. The Morgan fingerprint density at radius 2 is 1.78 bits per heavy atom. The summed E-state index contributed by atoms with van der Waals surface area (Å²) < 4.78 is 12.5. The van der Waals surface area contributed by atoms with Crippen LogP contribution in [0.1, 0.15) is 31.2 Å². The zero-order valence-electron chi connectivity index (χ0n) is 21.4. The average molecular weight is 522 g/mol. The van der Waals surface area contributed by atoms with Crippen molar-refractivity contribution in [2.24, 2.45) is 5.92 Å². The molecule has 0 aliphatic carbocycles. The van der Waals surface area contributed by atoms with Gasteiger partial charge in [-0.1, -0.05) is 37.3 Å². The smallest absolute Gasteiger partial charge is 0.249 e. The van der Waals surface area contributed by atoms with Gasteiger partial charge in [-0.3, -0.25) is 14.5 Å². The van der Waals surface area contributed by atoms with Crippen molar-refractivity contribution in [2.45, 2.75) is 32.9 Å². The van der Waals surface area contributed by atoms with Crippen LogP contribution in [0.3, 0.4) is 0 Å². The molecule has 0 saturated heterocycles. The highest BCUT2D eigenvalue weighted by Crippen LogP contribution is 2.35. The lowest BCUT2D eigenvalue weighted by molar-refractivity contribution is -0.126. The average Bonchev–Trinajstić information content (AvgIpc) is 3.57. The lowest BCUT2D eigenvalue weighted by atomic mass is 10.1. The molecule has 0 bridgehead atoms. The van der Waals surface area contributed by atoms with Crippen LogP contribution in [-0.2, 0) is 16.1 Å². The predicted octanol–water partition coefficient (Wildman–Crippen LogP) is 4.45. The molecule has 1 N–H and O–H groups in total. The summed E-state index contributed by atoms with van der Waals surface area (Å²) in [5.41, 5.74) is 1.89. The summed E-state index contributed by atoms with van der Waals surface area (Å²) in [6.45, 7) is 4.60. The molecule has 0 aliphatic rings. The fraction of sp³-hybridized carbons (Fsp3) is 0.333. The predicted molar refractivity (Wildman–Crippen MR) is 144 cm³/mol. The molecule has 1 atom stereocenters. The minimum absolute atomic E-state index is 0.110. The number of benzene rings is 2. The lowest BCUT2D eigenvalue weighted by Gasteiger charge is -2.31. The third-order valence-corrected chi connectivity index (χ3v) is 6.85. The van der Waals surface area contributed by atoms with Crippen molar-refractivity contribution in [3.8, 4) is 11.5 Å².